The second-order valence-electron chi connectivity index (χ2n) is 10.8. The van der Waals surface area contributed by atoms with Crippen molar-refractivity contribution in [3.05, 3.63) is 55.5 Å². The summed E-state index contributed by atoms with van der Waals surface area (Å²) in [7, 11) is 0. The molecule has 0 N–H and O–H groups in total. The fourth-order valence-electron chi connectivity index (χ4n) is 7.40. The Kier molecular flexibility index (Phi) is 9.07. The number of fused-ring (bicyclic) bond motifs is 4. The second kappa shape index (κ2) is 10.6. The van der Waals surface area contributed by atoms with Gasteiger partial charge < -0.3 is 0 Å². The van der Waals surface area contributed by atoms with Crippen LogP contribution < -0.4 is 0 Å². The average molecular weight is 829 g/mol. The first-order chi connectivity index (χ1) is 18.3. The molecule has 0 nitrogen and oxygen atoms in total. The molecule has 40 heavy (non-hydrogen) atoms. The SMILES string of the molecule is CCC(c1ccccc1C(CC)C1C(Cl)C2(Cl)C(Cl)=C(Cl)C1(Cl)C2(Cl)Cl)C1C(Cl)C2(Cl)C(Cl)=C(Cl)C1(Cl)C2(Cl)Cl. The van der Waals surface area contributed by atoms with E-state index in [1.807, 2.05) is 38.1 Å². The molecule has 0 aliphatic heterocycles. The maximum atomic E-state index is 7.25. The van der Waals surface area contributed by atoms with Crippen LogP contribution in [0.2, 0.25) is 0 Å². The number of rotatable bonds is 6. The lowest BCUT2D eigenvalue weighted by molar-refractivity contribution is 0.350. The lowest BCUT2D eigenvalue weighted by Crippen LogP contribution is -2.45. The number of hydrogen-bond donors (Lipinski definition) is 0. The summed E-state index contributed by atoms with van der Waals surface area (Å²) in [4.78, 5) is -6.32. The van der Waals surface area contributed by atoms with Crippen LogP contribution in [0.3, 0.4) is 0 Å². The van der Waals surface area contributed by atoms with Crippen molar-refractivity contribution in [2.45, 2.75) is 77.4 Å². The average Bonchev–Trinajstić information content (AvgIpc) is 3.22. The van der Waals surface area contributed by atoms with Crippen LogP contribution in [-0.2, 0) is 0 Å². The Morgan fingerprint density at radius 3 is 1.07 bits per heavy atom. The zero-order valence-electron chi connectivity index (χ0n) is 20.5. The Hall–Kier alpha value is 2.76. The van der Waals surface area contributed by atoms with Gasteiger partial charge in [0.25, 0.3) is 0 Å². The number of halogens is 14. The molecule has 1 aromatic carbocycles. The van der Waals surface area contributed by atoms with Gasteiger partial charge in [-0.05, 0) is 35.8 Å². The molecule has 4 aliphatic carbocycles. The minimum atomic E-state index is -1.79. The zero-order valence-corrected chi connectivity index (χ0v) is 31.1. The van der Waals surface area contributed by atoms with E-state index in [0.29, 0.717) is 12.8 Å². The van der Waals surface area contributed by atoms with Gasteiger partial charge in [-0.25, -0.2) is 0 Å². The monoisotopic (exact) mass is 822 g/mol. The molecule has 1 aromatic rings. The van der Waals surface area contributed by atoms with Gasteiger partial charge in [-0.3, -0.25) is 0 Å². The third-order valence-corrected chi connectivity index (χ3v) is 19.3. The van der Waals surface area contributed by atoms with Gasteiger partial charge in [0.2, 0.25) is 0 Å². The molecule has 2 fully saturated rings. The highest BCUT2D eigenvalue weighted by Crippen LogP contribution is 2.79. The first kappa shape index (κ1) is 34.1. The summed E-state index contributed by atoms with van der Waals surface area (Å²) >= 11 is 96.5. The highest BCUT2D eigenvalue weighted by Gasteiger charge is 2.84. The van der Waals surface area contributed by atoms with E-state index in [4.69, 9.17) is 162 Å². The van der Waals surface area contributed by atoms with Gasteiger partial charge in [0.1, 0.15) is 19.5 Å². The smallest absolute Gasteiger partial charge is 0.120 e. The van der Waals surface area contributed by atoms with Crippen LogP contribution >= 0.6 is 162 Å². The molecule has 4 aliphatic rings. The Bertz CT molecular complexity index is 1220. The van der Waals surface area contributed by atoms with Gasteiger partial charge in [0.15, 0.2) is 8.67 Å². The van der Waals surface area contributed by atoms with Crippen LogP contribution in [0.25, 0.3) is 0 Å². The molecule has 0 aromatic heterocycles. The van der Waals surface area contributed by atoms with Gasteiger partial charge in [0, 0.05) is 11.8 Å². The van der Waals surface area contributed by atoms with Gasteiger partial charge in [-0.2, -0.15) is 0 Å². The maximum absolute atomic E-state index is 7.25. The largest absolute Gasteiger partial charge is 0.168 e. The van der Waals surface area contributed by atoms with Gasteiger partial charge in [-0.1, -0.05) is 131 Å². The van der Waals surface area contributed by atoms with Crippen LogP contribution in [0.15, 0.2) is 44.4 Å². The second-order valence-corrected chi connectivity index (χ2v) is 18.3. The van der Waals surface area contributed by atoms with E-state index < -0.39 is 50.8 Å². The van der Waals surface area contributed by atoms with E-state index in [1.165, 1.54) is 0 Å². The molecule has 0 heterocycles. The van der Waals surface area contributed by atoms with E-state index in [0.717, 1.165) is 11.1 Å². The highest BCUT2D eigenvalue weighted by molar-refractivity contribution is 6.68. The summed E-state index contributed by atoms with van der Waals surface area (Å²) in [5, 5.41) is -1.47. The summed E-state index contributed by atoms with van der Waals surface area (Å²) in [5.41, 5.74) is 1.81. The van der Waals surface area contributed by atoms with Crippen molar-refractivity contribution >= 4 is 162 Å². The van der Waals surface area contributed by atoms with Crippen molar-refractivity contribution in [3.63, 3.8) is 0 Å². The standard InChI is InChI=1S/C26H20Cl14/c1-3-9(13-15(27)23(35)19(31)17(29)21(13,33)25(23,37)38)11-7-5-6-8-12(11)10(4-2)14-16(28)24(36)20(32)18(30)22(14,34)26(24,39)40/h5-10,13-16H,3-4H2,1-2H3. The Balaban J connectivity index is 1.67. The molecular formula is C26H20Cl14. The molecule has 0 radical (unpaired) electrons. The number of alkyl halides is 10. The molecular weight excluding hydrogens is 809 g/mol. The summed E-state index contributed by atoms with van der Waals surface area (Å²) in [6, 6.07) is 7.80. The van der Waals surface area contributed by atoms with E-state index in [9.17, 15) is 0 Å². The van der Waals surface area contributed by atoms with Crippen LogP contribution in [-0.4, -0.2) is 38.9 Å². The Morgan fingerprint density at radius 1 is 0.550 bits per heavy atom. The summed E-state index contributed by atoms with van der Waals surface area (Å²) in [5.74, 6) is -1.88. The first-order valence-electron chi connectivity index (χ1n) is 12.3. The minimum absolute atomic E-state index is 0.0454. The number of benzene rings is 1. The van der Waals surface area contributed by atoms with E-state index >= 15 is 0 Å². The zero-order chi connectivity index (χ0) is 30.2. The fourth-order valence-corrected chi connectivity index (χ4v) is 15.0. The highest BCUT2D eigenvalue weighted by atomic mass is 35.5. The Morgan fingerprint density at radius 2 is 0.825 bits per heavy atom. The molecule has 10 unspecified atom stereocenters. The summed E-state index contributed by atoms with van der Waals surface area (Å²) in [6.07, 6.45) is 1.16. The fraction of sp³-hybridized carbons (Fsp3) is 0.615. The van der Waals surface area contributed by atoms with Gasteiger partial charge >= 0.3 is 0 Å². The quantitative estimate of drug-likeness (QED) is 0.251. The van der Waals surface area contributed by atoms with Crippen LogP contribution in [0.1, 0.15) is 49.7 Å². The van der Waals surface area contributed by atoms with E-state index in [-0.39, 0.29) is 32.0 Å². The number of hydrogen-bond acceptors (Lipinski definition) is 0. The molecule has 222 valence electrons. The molecule has 5 rings (SSSR count). The van der Waals surface area contributed by atoms with Crippen LogP contribution in [0, 0.1) is 11.8 Å². The summed E-state index contributed by atoms with van der Waals surface area (Å²) in [6.45, 7) is 4.01. The van der Waals surface area contributed by atoms with E-state index in [1.54, 1.807) is 0 Å². The topological polar surface area (TPSA) is 0 Å². The van der Waals surface area contributed by atoms with Crippen molar-refractivity contribution in [2.24, 2.45) is 11.8 Å². The predicted molar refractivity (Wildman–Crippen MR) is 179 cm³/mol. The van der Waals surface area contributed by atoms with Crippen molar-refractivity contribution in [3.8, 4) is 0 Å². The molecule has 10 atom stereocenters. The van der Waals surface area contributed by atoms with Crippen molar-refractivity contribution < 1.29 is 0 Å². The molecule has 4 bridgehead atoms. The third kappa shape index (κ3) is 3.60. The molecule has 0 amide bonds. The Labute approximate surface area is 304 Å². The molecule has 0 saturated heterocycles. The maximum Gasteiger partial charge on any atom is 0.168 e. The van der Waals surface area contributed by atoms with E-state index in [2.05, 4.69) is 0 Å². The summed E-state index contributed by atoms with van der Waals surface area (Å²) < 4.78 is -3.58. The molecule has 2 saturated carbocycles. The normalized spacial score (nSPS) is 44.6. The van der Waals surface area contributed by atoms with Crippen LogP contribution in [0.4, 0.5) is 0 Å². The minimum Gasteiger partial charge on any atom is -0.120 e. The van der Waals surface area contributed by atoms with Crippen molar-refractivity contribution in [1.82, 2.24) is 0 Å². The lowest BCUT2D eigenvalue weighted by Gasteiger charge is -2.43. The first-order valence-corrected chi connectivity index (χ1v) is 17.7. The van der Waals surface area contributed by atoms with Gasteiger partial charge in [-0.15, -0.1) is 69.6 Å². The molecule has 0 spiro atoms. The number of allylic oxidation sites excluding steroid dienone is 4. The molecule has 14 heteroatoms. The predicted octanol–water partition coefficient (Wildman–Crippen LogP) is 12.8. The van der Waals surface area contributed by atoms with Crippen molar-refractivity contribution in [1.29, 1.82) is 0 Å². The van der Waals surface area contributed by atoms with Crippen molar-refractivity contribution in [2.75, 3.05) is 0 Å². The van der Waals surface area contributed by atoms with Crippen LogP contribution in [0.5, 0.6) is 0 Å². The lowest BCUT2D eigenvalue weighted by atomic mass is 9.69. The van der Waals surface area contributed by atoms with Gasteiger partial charge in [0.05, 0.1) is 30.9 Å². The third-order valence-electron chi connectivity index (χ3n) is 9.34.